The second-order valence-electron chi connectivity index (χ2n) is 6.01. The van der Waals surface area contributed by atoms with Gasteiger partial charge >= 0.3 is 0 Å². The Labute approximate surface area is 160 Å². The van der Waals surface area contributed by atoms with Crippen molar-refractivity contribution in [1.29, 1.82) is 0 Å². The molecule has 1 aliphatic rings. The minimum Gasteiger partial charge on any atom is -0.467 e. The van der Waals surface area contributed by atoms with Gasteiger partial charge in [-0.05, 0) is 26.0 Å². The third-order valence-corrected chi connectivity index (χ3v) is 3.62. The van der Waals surface area contributed by atoms with E-state index in [9.17, 15) is 5.11 Å². The van der Waals surface area contributed by atoms with Gasteiger partial charge in [-0.25, -0.2) is 4.99 Å². The van der Waals surface area contributed by atoms with Crippen molar-refractivity contribution in [3.05, 3.63) is 24.2 Å². The Bertz CT molecular complexity index is 474. The molecule has 0 radical (unpaired) electrons. The molecule has 0 aromatic carbocycles. The van der Waals surface area contributed by atoms with Crippen LogP contribution >= 0.6 is 24.0 Å². The molecule has 0 aliphatic carbocycles. The van der Waals surface area contributed by atoms with Gasteiger partial charge in [0, 0.05) is 32.7 Å². The van der Waals surface area contributed by atoms with Crippen molar-refractivity contribution in [3.8, 4) is 0 Å². The number of halogens is 1. The van der Waals surface area contributed by atoms with E-state index in [1.54, 1.807) is 6.26 Å². The Morgan fingerprint density at radius 3 is 2.75 bits per heavy atom. The van der Waals surface area contributed by atoms with Crippen LogP contribution in [0.3, 0.4) is 0 Å². The van der Waals surface area contributed by atoms with Crippen LogP contribution in [0.5, 0.6) is 0 Å². The van der Waals surface area contributed by atoms with Crippen molar-refractivity contribution < 1.29 is 14.3 Å². The largest absolute Gasteiger partial charge is 0.467 e. The van der Waals surface area contributed by atoms with Crippen LogP contribution in [0.15, 0.2) is 27.8 Å². The van der Waals surface area contributed by atoms with Gasteiger partial charge in [-0.15, -0.1) is 24.0 Å². The zero-order chi connectivity index (χ0) is 16.5. The smallest absolute Gasteiger partial charge is 0.191 e. The second kappa shape index (κ2) is 10.9. The molecule has 0 saturated carbocycles. The predicted octanol–water partition coefficient (Wildman–Crippen LogP) is 1.04. The average Bonchev–Trinajstić information content (AvgIpc) is 3.04. The molecule has 8 heteroatoms. The van der Waals surface area contributed by atoms with Crippen molar-refractivity contribution >= 4 is 29.9 Å². The Kier molecular flexibility index (Phi) is 9.64. The summed E-state index contributed by atoms with van der Waals surface area (Å²) in [6.45, 7) is 9.31. The molecule has 1 aliphatic heterocycles. The van der Waals surface area contributed by atoms with Gasteiger partial charge in [0.25, 0.3) is 0 Å². The van der Waals surface area contributed by atoms with E-state index < -0.39 is 5.60 Å². The lowest BCUT2D eigenvalue weighted by Gasteiger charge is -2.34. The summed E-state index contributed by atoms with van der Waals surface area (Å²) in [7, 11) is 0. The minimum absolute atomic E-state index is 0. The Balaban J connectivity index is 0.00000288. The molecule has 138 valence electrons. The highest BCUT2D eigenvalue weighted by Crippen LogP contribution is 2.07. The molecule has 2 heterocycles. The van der Waals surface area contributed by atoms with Gasteiger partial charge in [0.1, 0.15) is 12.3 Å². The van der Waals surface area contributed by atoms with Gasteiger partial charge in [0.2, 0.25) is 0 Å². The summed E-state index contributed by atoms with van der Waals surface area (Å²) >= 11 is 0. The van der Waals surface area contributed by atoms with Crippen LogP contribution in [0.1, 0.15) is 19.6 Å². The molecule has 1 atom stereocenters. The van der Waals surface area contributed by atoms with E-state index >= 15 is 0 Å². The highest BCUT2D eigenvalue weighted by atomic mass is 127. The van der Waals surface area contributed by atoms with Crippen molar-refractivity contribution in [2.45, 2.75) is 26.0 Å². The Hall–Kier alpha value is -0.840. The zero-order valence-corrected chi connectivity index (χ0v) is 16.8. The molecular weight excluding hydrogens is 423 g/mol. The van der Waals surface area contributed by atoms with Gasteiger partial charge < -0.3 is 24.9 Å². The molecule has 1 aromatic heterocycles. The predicted molar refractivity (Wildman–Crippen MR) is 105 cm³/mol. The van der Waals surface area contributed by atoms with E-state index in [4.69, 9.17) is 9.15 Å². The van der Waals surface area contributed by atoms with Crippen LogP contribution in [-0.2, 0) is 11.3 Å². The monoisotopic (exact) mass is 452 g/mol. The fourth-order valence-corrected chi connectivity index (χ4v) is 2.47. The number of hydrogen-bond acceptors (Lipinski definition) is 5. The lowest BCUT2D eigenvalue weighted by atomic mass is 10.1. The van der Waals surface area contributed by atoms with Gasteiger partial charge in [0.05, 0.1) is 25.1 Å². The van der Waals surface area contributed by atoms with Gasteiger partial charge in [-0.2, -0.15) is 0 Å². The molecule has 0 bridgehead atoms. The number of guanidine groups is 1. The number of hydrogen-bond donors (Lipinski definition) is 3. The molecule has 1 unspecified atom stereocenters. The maximum Gasteiger partial charge on any atom is 0.191 e. The summed E-state index contributed by atoms with van der Waals surface area (Å²) in [5, 5.41) is 17.0. The van der Waals surface area contributed by atoms with Crippen molar-refractivity contribution in [3.63, 3.8) is 0 Å². The van der Waals surface area contributed by atoms with Gasteiger partial charge in [-0.3, -0.25) is 4.90 Å². The summed E-state index contributed by atoms with van der Waals surface area (Å²) in [4.78, 5) is 6.68. The van der Waals surface area contributed by atoms with E-state index in [1.165, 1.54) is 0 Å². The topological polar surface area (TPSA) is 82.3 Å². The first-order valence-corrected chi connectivity index (χ1v) is 8.16. The fourth-order valence-electron chi connectivity index (χ4n) is 2.47. The van der Waals surface area contributed by atoms with E-state index in [0.717, 1.165) is 38.6 Å². The number of morpholine rings is 1. The summed E-state index contributed by atoms with van der Waals surface area (Å²) in [5.41, 5.74) is -0.835. The first kappa shape index (κ1) is 21.2. The molecular formula is C16H29IN4O3. The van der Waals surface area contributed by atoms with Crippen LogP contribution in [0, 0.1) is 0 Å². The molecule has 1 saturated heterocycles. The Morgan fingerprint density at radius 1 is 1.38 bits per heavy atom. The lowest BCUT2D eigenvalue weighted by molar-refractivity contribution is -0.0201. The number of furan rings is 1. The van der Waals surface area contributed by atoms with Crippen LogP contribution < -0.4 is 10.6 Å². The van der Waals surface area contributed by atoms with Crippen molar-refractivity contribution in [2.75, 3.05) is 45.9 Å². The minimum atomic E-state index is -0.835. The number of aliphatic imine (C=N–C) groups is 1. The third-order valence-electron chi connectivity index (χ3n) is 3.62. The normalized spacial score (nSPS) is 18.5. The molecule has 0 amide bonds. The highest BCUT2D eigenvalue weighted by Gasteiger charge is 2.25. The maximum atomic E-state index is 10.6. The first-order valence-electron chi connectivity index (χ1n) is 8.16. The lowest BCUT2D eigenvalue weighted by Crippen LogP contribution is -2.52. The third kappa shape index (κ3) is 7.82. The average molecular weight is 452 g/mol. The van der Waals surface area contributed by atoms with Gasteiger partial charge in [0.15, 0.2) is 5.96 Å². The van der Waals surface area contributed by atoms with Crippen molar-refractivity contribution in [1.82, 2.24) is 15.5 Å². The molecule has 7 nitrogen and oxygen atoms in total. The number of rotatable bonds is 7. The summed E-state index contributed by atoms with van der Waals surface area (Å²) in [6.07, 6.45) is 1.64. The highest BCUT2D eigenvalue weighted by molar-refractivity contribution is 14.0. The summed E-state index contributed by atoms with van der Waals surface area (Å²) in [6, 6.07) is 3.74. The molecule has 24 heavy (non-hydrogen) atoms. The summed E-state index contributed by atoms with van der Waals surface area (Å²) < 4.78 is 10.6. The summed E-state index contributed by atoms with van der Waals surface area (Å²) in [5.74, 6) is 1.48. The van der Waals surface area contributed by atoms with E-state index in [0.29, 0.717) is 25.6 Å². The van der Waals surface area contributed by atoms with Gasteiger partial charge in [-0.1, -0.05) is 0 Å². The number of nitrogens with zero attached hydrogens (tertiary/aromatic N) is 2. The molecule has 3 N–H and O–H groups in total. The standard InChI is InChI=1S/C16H28N4O3.HI/c1-3-17-15(18-11-14-5-4-8-23-14)19-12-16(2,21)13-20-6-9-22-10-7-20;/h4-5,8,21H,3,6-7,9-13H2,1-2H3,(H2,17,18,19);1H. The van der Waals surface area contributed by atoms with E-state index in [2.05, 4.69) is 20.5 Å². The molecule has 1 fully saturated rings. The van der Waals surface area contributed by atoms with Crippen molar-refractivity contribution in [2.24, 2.45) is 4.99 Å². The van der Waals surface area contributed by atoms with Crippen LogP contribution in [0.25, 0.3) is 0 Å². The fraction of sp³-hybridized carbons (Fsp3) is 0.688. The number of aliphatic hydroxyl groups is 1. The quantitative estimate of drug-likeness (QED) is 0.326. The van der Waals surface area contributed by atoms with Crippen LogP contribution in [0.2, 0.25) is 0 Å². The van der Waals surface area contributed by atoms with Crippen LogP contribution in [-0.4, -0.2) is 67.5 Å². The Morgan fingerprint density at radius 2 is 2.12 bits per heavy atom. The van der Waals surface area contributed by atoms with Crippen LogP contribution in [0.4, 0.5) is 0 Å². The number of β-amino-alcohol motifs (C(OH)–C–C–N with tert-alkyl or cyclic N) is 1. The maximum absolute atomic E-state index is 10.6. The van der Waals surface area contributed by atoms with E-state index in [1.807, 2.05) is 26.0 Å². The molecule has 2 rings (SSSR count). The zero-order valence-electron chi connectivity index (χ0n) is 14.5. The molecule has 1 aromatic rings. The second-order valence-corrected chi connectivity index (χ2v) is 6.01. The van der Waals surface area contributed by atoms with E-state index in [-0.39, 0.29) is 24.0 Å². The molecule has 0 spiro atoms. The number of ether oxygens (including phenoxy) is 1. The number of nitrogens with one attached hydrogen (secondary N) is 2. The first-order chi connectivity index (χ1) is 11.1. The SMILES string of the molecule is CCNC(=NCc1ccco1)NCC(C)(O)CN1CCOCC1.I.